The van der Waals surface area contributed by atoms with Crippen molar-refractivity contribution >= 4 is 19.2 Å². The summed E-state index contributed by atoms with van der Waals surface area (Å²) in [6.07, 6.45) is 1.34. The summed E-state index contributed by atoms with van der Waals surface area (Å²) in [6, 6.07) is 5.84. The van der Waals surface area contributed by atoms with Crippen molar-refractivity contribution in [3.63, 3.8) is 0 Å². The topological polar surface area (TPSA) is 62.2 Å². The summed E-state index contributed by atoms with van der Waals surface area (Å²) >= 11 is 0. The van der Waals surface area contributed by atoms with Crippen LogP contribution in [0.3, 0.4) is 0 Å². The molecule has 4 nitrogen and oxygen atoms in total. The van der Waals surface area contributed by atoms with Crippen molar-refractivity contribution < 1.29 is 14.3 Å². The number of carbonyl (C=O) groups excluding carboxylic acids is 1. The molecular formula is C14H14BFN2O2. The van der Waals surface area contributed by atoms with Crippen LogP contribution in [-0.2, 0) is 6.54 Å². The second-order valence-corrected chi connectivity index (χ2v) is 4.54. The number of benzene rings is 1. The number of nitrogens with one attached hydrogen (secondary N) is 1. The molecule has 6 heteroatoms. The van der Waals surface area contributed by atoms with E-state index in [0.717, 1.165) is 5.56 Å². The fourth-order valence-electron chi connectivity index (χ4n) is 1.74. The van der Waals surface area contributed by atoms with Gasteiger partial charge in [0.05, 0.1) is 5.56 Å². The normalized spacial score (nSPS) is 10.3. The Labute approximate surface area is 117 Å². The quantitative estimate of drug-likeness (QED) is 0.796. The van der Waals surface area contributed by atoms with Crippen LogP contribution in [0.1, 0.15) is 21.6 Å². The van der Waals surface area contributed by atoms with Gasteiger partial charge in [-0.05, 0) is 30.1 Å². The predicted octanol–water partition coefficient (Wildman–Crippen LogP) is 0.423. The molecule has 0 aliphatic carbocycles. The Kier molecular flexibility index (Phi) is 4.03. The molecule has 20 heavy (non-hydrogen) atoms. The summed E-state index contributed by atoms with van der Waals surface area (Å²) in [5, 5.41) is 12.6. The van der Waals surface area contributed by atoms with Crippen LogP contribution in [0.4, 0.5) is 4.39 Å². The fraction of sp³-hybridized carbons (Fsp3) is 0.143. The van der Waals surface area contributed by atoms with E-state index in [9.17, 15) is 14.3 Å². The van der Waals surface area contributed by atoms with Gasteiger partial charge in [-0.3, -0.25) is 9.78 Å². The molecule has 1 aromatic heterocycles. The molecule has 2 rings (SSSR count). The van der Waals surface area contributed by atoms with Crippen molar-refractivity contribution in [2.24, 2.45) is 0 Å². The zero-order chi connectivity index (χ0) is 14.7. The molecule has 0 aliphatic heterocycles. The standard InChI is InChI=1S/C14H14BFN2O2/c1-8-12(15)13(19)11(7-17-8)14(20)18-6-9-2-4-10(16)5-3-9/h2-5,7H,6,15H2,1H3,(H,17,19)(H,18,20). The maximum absolute atomic E-state index is 12.8. The van der Waals surface area contributed by atoms with Crippen LogP contribution in [0.2, 0.25) is 0 Å². The Bertz CT molecular complexity index is 644. The fourth-order valence-corrected chi connectivity index (χ4v) is 1.74. The lowest BCUT2D eigenvalue weighted by molar-refractivity contribution is 0.0948. The van der Waals surface area contributed by atoms with Crippen LogP contribution in [0.25, 0.3) is 0 Å². The zero-order valence-corrected chi connectivity index (χ0v) is 11.3. The van der Waals surface area contributed by atoms with Gasteiger partial charge in [0.25, 0.3) is 5.91 Å². The number of hydrogen-bond acceptors (Lipinski definition) is 3. The van der Waals surface area contributed by atoms with Gasteiger partial charge in [0.15, 0.2) is 0 Å². The van der Waals surface area contributed by atoms with E-state index in [1.54, 1.807) is 26.9 Å². The minimum absolute atomic E-state index is 0.0610. The Balaban J connectivity index is 2.09. The summed E-state index contributed by atoms with van der Waals surface area (Å²) in [6.45, 7) is 2.01. The first-order valence-corrected chi connectivity index (χ1v) is 6.17. The Morgan fingerprint density at radius 1 is 1.40 bits per heavy atom. The Morgan fingerprint density at radius 2 is 2.05 bits per heavy atom. The SMILES string of the molecule is Bc1c(C)ncc(C(=O)NCc2ccc(F)cc2)c1O. The van der Waals surface area contributed by atoms with E-state index in [2.05, 4.69) is 10.3 Å². The Hall–Kier alpha value is -2.37. The summed E-state index contributed by atoms with van der Waals surface area (Å²) in [7, 11) is 1.70. The van der Waals surface area contributed by atoms with Gasteiger partial charge < -0.3 is 10.4 Å². The maximum atomic E-state index is 12.8. The van der Waals surface area contributed by atoms with Crippen molar-refractivity contribution in [2.75, 3.05) is 0 Å². The lowest BCUT2D eigenvalue weighted by Gasteiger charge is -2.09. The summed E-state index contributed by atoms with van der Waals surface area (Å²) in [5.74, 6) is -0.799. The van der Waals surface area contributed by atoms with Crippen LogP contribution in [0.5, 0.6) is 5.75 Å². The third kappa shape index (κ3) is 2.96. The zero-order valence-electron chi connectivity index (χ0n) is 11.3. The number of amides is 1. The van der Waals surface area contributed by atoms with E-state index >= 15 is 0 Å². The molecule has 0 bridgehead atoms. The lowest BCUT2D eigenvalue weighted by atomic mass is 9.91. The van der Waals surface area contributed by atoms with Crippen molar-refractivity contribution in [1.29, 1.82) is 0 Å². The molecular weight excluding hydrogens is 258 g/mol. The van der Waals surface area contributed by atoms with Crippen LogP contribution in [0.15, 0.2) is 30.5 Å². The maximum Gasteiger partial charge on any atom is 0.256 e. The molecule has 0 saturated carbocycles. The third-order valence-electron chi connectivity index (χ3n) is 3.15. The van der Waals surface area contributed by atoms with Crippen molar-refractivity contribution in [3.05, 3.63) is 53.1 Å². The smallest absolute Gasteiger partial charge is 0.256 e. The molecule has 0 unspecified atom stereocenters. The molecule has 102 valence electrons. The first-order chi connectivity index (χ1) is 9.49. The number of aromatic hydroxyl groups is 1. The number of pyridine rings is 1. The molecule has 0 radical (unpaired) electrons. The van der Waals surface area contributed by atoms with Gasteiger partial charge in [-0.25, -0.2) is 4.39 Å². The minimum atomic E-state index is -0.414. The molecule has 2 N–H and O–H groups in total. The van der Waals surface area contributed by atoms with E-state index in [0.29, 0.717) is 11.2 Å². The largest absolute Gasteiger partial charge is 0.508 e. The highest BCUT2D eigenvalue weighted by molar-refractivity contribution is 6.35. The lowest BCUT2D eigenvalue weighted by Crippen LogP contribution is -2.25. The van der Waals surface area contributed by atoms with E-state index in [4.69, 9.17) is 0 Å². The Morgan fingerprint density at radius 3 is 2.70 bits per heavy atom. The van der Waals surface area contributed by atoms with Gasteiger partial charge in [0, 0.05) is 18.4 Å². The molecule has 0 spiro atoms. The van der Waals surface area contributed by atoms with Gasteiger partial charge >= 0.3 is 0 Å². The van der Waals surface area contributed by atoms with Crippen LogP contribution >= 0.6 is 0 Å². The highest BCUT2D eigenvalue weighted by atomic mass is 19.1. The second kappa shape index (κ2) is 5.73. The van der Waals surface area contributed by atoms with E-state index in [1.165, 1.54) is 18.3 Å². The number of rotatable bonds is 3. The minimum Gasteiger partial charge on any atom is -0.508 e. The molecule has 2 aromatic rings. The average Bonchev–Trinajstić information content (AvgIpc) is 2.44. The number of nitrogens with zero attached hydrogens (tertiary/aromatic N) is 1. The monoisotopic (exact) mass is 272 g/mol. The molecule has 1 aromatic carbocycles. The van der Waals surface area contributed by atoms with Gasteiger partial charge in [-0.1, -0.05) is 12.1 Å². The third-order valence-corrected chi connectivity index (χ3v) is 3.15. The predicted molar refractivity (Wildman–Crippen MR) is 76.4 cm³/mol. The van der Waals surface area contributed by atoms with E-state index in [1.807, 2.05) is 0 Å². The van der Waals surface area contributed by atoms with Crippen LogP contribution in [-0.4, -0.2) is 23.8 Å². The molecule has 0 fully saturated rings. The molecule has 1 heterocycles. The number of aromatic nitrogens is 1. The first-order valence-electron chi connectivity index (χ1n) is 6.17. The molecule has 0 saturated heterocycles. The number of aryl methyl sites for hydroxylation is 1. The van der Waals surface area contributed by atoms with E-state index < -0.39 is 5.91 Å². The van der Waals surface area contributed by atoms with Crippen molar-refractivity contribution in [2.45, 2.75) is 13.5 Å². The summed E-state index contributed by atoms with van der Waals surface area (Å²) < 4.78 is 12.8. The van der Waals surface area contributed by atoms with Gasteiger partial charge in [0.2, 0.25) is 0 Å². The van der Waals surface area contributed by atoms with Gasteiger partial charge in [0.1, 0.15) is 19.4 Å². The van der Waals surface area contributed by atoms with Crippen molar-refractivity contribution in [1.82, 2.24) is 10.3 Å². The van der Waals surface area contributed by atoms with E-state index in [-0.39, 0.29) is 23.7 Å². The molecule has 0 aliphatic rings. The van der Waals surface area contributed by atoms with Crippen LogP contribution in [0, 0.1) is 12.7 Å². The number of hydrogen-bond donors (Lipinski definition) is 2. The average molecular weight is 272 g/mol. The molecule has 0 atom stereocenters. The second-order valence-electron chi connectivity index (χ2n) is 4.54. The highest BCUT2D eigenvalue weighted by Gasteiger charge is 2.14. The molecule has 1 amide bonds. The number of carbonyl (C=O) groups is 1. The first kappa shape index (κ1) is 14.1. The van der Waals surface area contributed by atoms with Crippen LogP contribution < -0.4 is 10.8 Å². The highest BCUT2D eigenvalue weighted by Crippen LogP contribution is 2.13. The summed E-state index contributed by atoms with van der Waals surface area (Å²) in [4.78, 5) is 16.0. The van der Waals surface area contributed by atoms with Crippen molar-refractivity contribution in [3.8, 4) is 5.75 Å². The number of halogens is 1. The summed E-state index contributed by atoms with van der Waals surface area (Å²) in [5.41, 5.74) is 2.17. The van der Waals surface area contributed by atoms with Gasteiger partial charge in [-0.2, -0.15) is 0 Å². The van der Waals surface area contributed by atoms with Gasteiger partial charge in [-0.15, -0.1) is 0 Å².